The molecule has 0 aliphatic rings. The molecule has 5 heteroatoms. The molecule has 0 bridgehead atoms. The standard InChI is InChI=1S/C13H15N3OS.C2H6/c1-10-9-18-13(15-10)16-12(17)8-14-7-11-5-3-2-4-6-11;1-2/h2-6,9,14H,7-8H2,1H3,(H,15,16,17);1-2H3. The van der Waals surface area contributed by atoms with Crippen molar-refractivity contribution in [3.8, 4) is 0 Å². The second-order valence-electron chi connectivity index (χ2n) is 3.93. The van der Waals surface area contributed by atoms with Gasteiger partial charge in [0.05, 0.1) is 12.2 Å². The van der Waals surface area contributed by atoms with E-state index in [4.69, 9.17) is 0 Å². The Morgan fingerprint density at radius 3 is 2.55 bits per heavy atom. The van der Waals surface area contributed by atoms with Crippen molar-refractivity contribution in [3.63, 3.8) is 0 Å². The van der Waals surface area contributed by atoms with E-state index in [9.17, 15) is 4.79 Å². The number of carbonyl (C=O) groups is 1. The monoisotopic (exact) mass is 291 g/mol. The van der Waals surface area contributed by atoms with Crippen molar-refractivity contribution in [2.75, 3.05) is 11.9 Å². The number of rotatable bonds is 5. The predicted octanol–water partition coefficient (Wildman–Crippen LogP) is 3.21. The van der Waals surface area contributed by atoms with Gasteiger partial charge < -0.3 is 10.6 Å². The summed E-state index contributed by atoms with van der Waals surface area (Å²) in [6.07, 6.45) is 0. The van der Waals surface area contributed by atoms with Gasteiger partial charge in [0.15, 0.2) is 5.13 Å². The van der Waals surface area contributed by atoms with E-state index in [0.717, 1.165) is 11.3 Å². The number of carbonyl (C=O) groups excluding carboxylic acids is 1. The molecule has 1 heterocycles. The van der Waals surface area contributed by atoms with E-state index in [1.54, 1.807) is 0 Å². The first-order valence-corrected chi connectivity index (χ1v) is 7.58. The molecule has 0 spiro atoms. The Labute approximate surface area is 124 Å². The number of nitrogens with one attached hydrogen (secondary N) is 2. The number of amides is 1. The Morgan fingerprint density at radius 1 is 1.25 bits per heavy atom. The zero-order chi connectivity index (χ0) is 14.8. The van der Waals surface area contributed by atoms with Crippen LogP contribution in [-0.2, 0) is 11.3 Å². The fourth-order valence-corrected chi connectivity index (χ4v) is 2.20. The van der Waals surface area contributed by atoms with E-state index in [-0.39, 0.29) is 12.5 Å². The fraction of sp³-hybridized carbons (Fsp3) is 0.333. The summed E-state index contributed by atoms with van der Waals surface area (Å²) < 4.78 is 0. The van der Waals surface area contributed by atoms with Crippen molar-refractivity contribution in [1.82, 2.24) is 10.3 Å². The highest BCUT2D eigenvalue weighted by Crippen LogP contribution is 2.13. The summed E-state index contributed by atoms with van der Waals surface area (Å²) in [5, 5.41) is 8.41. The Balaban J connectivity index is 0.000000956. The van der Waals surface area contributed by atoms with E-state index >= 15 is 0 Å². The molecule has 2 rings (SSSR count). The Hall–Kier alpha value is -1.72. The molecule has 0 saturated heterocycles. The Morgan fingerprint density at radius 2 is 1.95 bits per heavy atom. The van der Waals surface area contributed by atoms with Crippen LogP contribution in [0.5, 0.6) is 0 Å². The van der Waals surface area contributed by atoms with Gasteiger partial charge in [0, 0.05) is 11.9 Å². The van der Waals surface area contributed by atoms with Crippen molar-refractivity contribution in [3.05, 3.63) is 47.0 Å². The Bertz CT molecular complexity index is 511. The highest BCUT2D eigenvalue weighted by molar-refractivity contribution is 7.13. The Kier molecular flexibility index (Phi) is 7.54. The molecule has 0 saturated carbocycles. The van der Waals surface area contributed by atoms with Crippen LogP contribution in [0.25, 0.3) is 0 Å². The molecule has 0 radical (unpaired) electrons. The molecule has 2 N–H and O–H groups in total. The van der Waals surface area contributed by atoms with Crippen molar-refractivity contribution in [1.29, 1.82) is 0 Å². The second-order valence-corrected chi connectivity index (χ2v) is 4.79. The maximum Gasteiger partial charge on any atom is 0.240 e. The lowest BCUT2D eigenvalue weighted by molar-refractivity contribution is -0.115. The van der Waals surface area contributed by atoms with Gasteiger partial charge in [-0.05, 0) is 12.5 Å². The van der Waals surface area contributed by atoms with Gasteiger partial charge in [-0.2, -0.15) is 0 Å². The fourth-order valence-electron chi connectivity index (χ4n) is 1.49. The zero-order valence-electron chi connectivity index (χ0n) is 12.1. The third-order valence-electron chi connectivity index (χ3n) is 2.32. The average Bonchev–Trinajstić information content (AvgIpc) is 2.87. The largest absolute Gasteiger partial charge is 0.304 e. The van der Waals surface area contributed by atoms with Crippen LogP contribution >= 0.6 is 11.3 Å². The summed E-state index contributed by atoms with van der Waals surface area (Å²) >= 11 is 1.44. The normalized spacial score (nSPS) is 9.55. The van der Waals surface area contributed by atoms with Crippen LogP contribution in [0.4, 0.5) is 5.13 Å². The molecule has 20 heavy (non-hydrogen) atoms. The van der Waals surface area contributed by atoms with E-state index in [1.165, 1.54) is 11.3 Å². The summed E-state index contributed by atoms with van der Waals surface area (Å²) in [6.45, 7) is 6.87. The van der Waals surface area contributed by atoms with Crippen LogP contribution < -0.4 is 10.6 Å². The summed E-state index contributed by atoms with van der Waals surface area (Å²) in [5.74, 6) is -0.0692. The number of hydrogen-bond donors (Lipinski definition) is 2. The molecule has 108 valence electrons. The first-order chi connectivity index (χ1) is 9.74. The van der Waals surface area contributed by atoms with Crippen LogP contribution in [0.2, 0.25) is 0 Å². The molecule has 2 aromatic rings. The SMILES string of the molecule is CC.Cc1csc(NC(=O)CNCc2ccccc2)n1. The number of benzene rings is 1. The minimum Gasteiger partial charge on any atom is -0.304 e. The molecule has 0 unspecified atom stereocenters. The number of aromatic nitrogens is 1. The molecule has 0 aliphatic carbocycles. The summed E-state index contributed by atoms with van der Waals surface area (Å²) in [4.78, 5) is 15.8. The molecule has 1 amide bonds. The average molecular weight is 291 g/mol. The molecule has 1 aromatic carbocycles. The highest BCUT2D eigenvalue weighted by Gasteiger charge is 2.04. The maximum atomic E-state index is 11.6. The molecule has 0 fully saturated rings. The third-order valence-corrected chi connectivity index (χ3v) is 3.20. The van der Waals surface area contributed by atoms with Gasteiger partial charge in [-0.1, -0.05) is 44.2 Å². The first kappa shape index (κ1) is 16.3. The number of thiazole rings is 1. The van der Waals surface area contributed by atoms with Gasteiger partial charge in [0.2, 0.25) is 5.91 Å². The van der Waals surface area contributed by atoms with Gasteiger partial charge in [0.25, 0.3) is 0 Å². The number of aryl methyl sites for hydroxylation is 1. The topological polar surface area (TPSA) is 54.0 Å². The minimum absolute atomic E-state index is 0.0692. The number of nitrogens with zero attached hydrogens (tertiary/aromatic N) is 1. The van der Waals surface area contributed by atoms with Crippen molar-refractivity contribution >= 4 is 22.4 Å². The second kappa shape index (κ2) is 9.23. The van der Waals surface area contributed by atoms with Gasteiger partial charge in [-0.3, -0.25) is 4.79 Å². The smallest absolute Gasteiger partial charge is 0.240 e. The highest BCUT2D eigenvalue weighted by atomic mass is 32.1. The lowest BCUT2D eigenvalue weighted by Crippen LogP contribution is -2.27. The first-order valence-electron chi connectivity index (χ1n) is 6.70. The molecule has 1 aromatic heterocycles. The van der Waals surface area contributed by atoms with Crippen molar-refractivity contribution in [2.45, 2.75) is 27.3 Å². The van der Waals surface area contributed by atoms with E-state index in [1.807, 2.05) is 56.5 Å². The van der Waals surface area contributed by atoms with E-state index < -0.39 is 0 Å². The van der Waals surface area contributed by atoms with Crippen molar-refractivity contribution < 1.29 is 4.79 Å². The van der Waals surface area contributed by atoms with Gasteiger partial charge in [-0.25, -0.2) is 4.98 Å². The molecule has 4 nitrogen and oxygen atoms in total. The van der Waals surface area contributed by atoms with Gasteiger partial charge in [-0.15, -0.1) is 11.3 Å². The predicted molar refractivity (Wildman–Crippen MR) is 85.0 cm³/mol. The lowest BCUT2D eigenvalue weighted by Gasteiger charge is -2.04. The third kappa shape index (κ3) is 5.95. The quantitative estimate of drug-likeness (QED) is 0.889. The molecular formula is C15H21N3OS. The van der Waals surface area contributed by atoms with Crippen LogP contribution in [-0.4, -0.2) is 17.4 Å². The van der Waals surface area contributed by atoms with E-state index in [2.05, 4.69) is 15.6 Å². The van der Waals surface area contributed by atoms with Gasteiger partial charge in [0.1, 0.15) is 0 Å². The number of anilines is 1. The summed E-state index contributed by atoms with van der Waals surface area (Å²) in [6, 6.07) is 9.98. The van der Waals surface area contributed by atoms with Crippen LogP contribution in [0, 0.1) is 6.92 Å². The number of hydrogen-bond acceptors (Lipinski definition) is 4. The van der Waals surface area contributed by atoms with Crippen molar-refractivity contribution in [2.24, 2.45) is 0 Å². The lowest BCUT2D eigenvalue weighted by atomic mass is 10.2. The minimum atomic E-state index is -0.0692. The van der Waals surface area contributed by atoms with Crippen LogP contribution in [0.1, 0.15) is 25.1 Å². The zero-order valence-corrected chi connectivity index (χ0v) is 13.0. The maximum absolute atomic E-state index is 11.6. The van der Waals surface area contributed by atoms with Crippen LogP contribution in [0.15, 0.2) is 35.7 Å². The summed E-state index contributed by atoms with van der Waals surface area (Å²) in [5.41, 5.74) is 2.09. The molecule has 0 atom stereocenters. The molecular weight excluding hydrogens is 270 g/mol. The molecule has 0 aliphatic heterocycles. The van der Waals surface area contributed by atoms with E-state index in [0.29, 0.717) is 11.7 Å². The van der Waals surface area contributed by atoms with Crippen LogP contribution in [0.3, 0.4) is 0 Å². The summed E-state index contributed by atoms with van der Waals surface area (Å²) in [7, 11) is 0. The van der Waals surface area contributed by atoms with Gasteiger partial charge >= 0.3 is 0 Å².